The van der Waals surface area contributed by atoms with Gasteiger partial charge in [0.05, 0.1) is 5.69 Å². The molecule has 1 saturated heterocycles. The number of amides is 3. The van der Waals surface area contributed by atoms with Crippen LogP contribution in [0.4, 0.5) is 5.69 Å². The van der Waals surface area contributed by atoms with Crippen molar-refractivity contribution < 1.29 is 19.1 Å². The Morgan fingerprint density at radius 2 is 1.92 bits per heavy atom. The topological polar surface area (TPSA) is 92.9 Å². The maximum Gasteiger partial charge on any atom is 0.267 e. The van der Waals surface area contributed by atoms with Gasteiger partial charge in [-0.25, -0.2) is 0 Å². The van der Waals surface area contributed by atoms with E-state index in [0.717, 1.165) is 0 Å². The normalized spacial score (nSPS) is 21.2. The van der Waals surface area contributed by atoms with E-state index in [9.17, 15) is 14.4 Å². The summed E-state index contributed by atoms with van der Waals surface area (Å²) in [5, 5.41) is 0. The van der Waals surface area contributed by atoms with E-state index >= 15 is 0 Å². The van der Waals surface area contributed by atoms with Crippen LogP contribution >= 0.6 is 0 Å². The highest BCUT2D eigenvalue weighted by Gasteiger charge is 2.31. The molecule has 0 spiro atoms. The lowest BCUT2D eigenvalue weighted by atomic mass is 9.96. The fraction of sp³-hybridized carbons (Fsp3) is 0.471. The molecule has 24 heavy (non-hydrogen) atoms. The molecule has 0 bridgehead atoms. The molecule has 2 aliphatic heterocycles. The minimum Gasteiger partial charge on any atom is -0.479 e. The van der Waals surface area contributed by atoms with E-state index in [2.05, 4.69) is 0 Å². The number of primary amides is 1. The summed E-state index contributed by atoms with van der Waals surface area (Å²) < 4.78 is 5.57. The molecule has 2 heterocycles. The second kappa shape index (κ2) is 6.14. The van der Waals surface area contributed by atoms with Crippen LogP contribution in [0.1, 0.15) is 30.1 Å². The summed E-state index contributed by atoms with van der Waals surface area (Å²) in [5.41, 5.74) is 6.42. The van der Waals surface area contributed by atoms with Gasteiger partial charge in [-0.15, -0.1) is 0 Å². The first-order valence-electron chi connectivity index (χ1n) is 8.05. The van der Waals surface area contributed by atoms with Gasteiger partial charge in [-0.1, -0.05) is 0 Å². The van der Waals surface area contributed by atoms with Crippen LogP contribution in [0, 0.1) is 5.92 Å². The number of carbonyl (C=O) groups excluding carboxylic acids is 3. The maximum atomic E-state index is 12.7. The monoisotopic (exact) mass is 331 g/mol. The van der Waals surface area contributed by atoms with Gasteiger partial charge in [0, 0.05) is 31.6 Å². The van der Waals surface area contributed by atoms with Crippen molar-refractivity contribution >= 4 is 23.4 Å². The highest BCUT2D eigenvalue weighted by atomic mass is 16.5. The number of likely N-dealkylation sites (N-methyl/N-ethyl adjacent to an activating group) is 1. The molecule has 0 saturated carbocycles. The van der Waals surface area contributed by atoms with Crippen LogP contribution in [0.25, 0.3) is 0 Å². The standard InChI is InChI=1S/C17H21N3O4/c1-10-16(22)19(2)13-9-12(3-4-14(13)24-10)17(23)20-7-5-11(6-8-20)15(18)21/h3-4,9-11H,5-8H2,1-2H3,(H2,18,21). The number of piperidine rings is 1. The van der Waals surface area contributed by atoms with E-state index in [-0.39, 0.29) is 23.6 Å². The summed E-state index contributed by atoms with van der Waals surface area (Å²) in [6, 6.07) is 5.11. The smallest absolute Gasteiger partial charge is 0.267 e. The summed E-state index contributed by atoms with van der Waals surface area (Å²) in [6.45, 7) is 2.71. The molecule has 7 nitrogen and oxygen atoms in total. The van der Waals surface area contributed by atoms with Crippen molar-refractivity contribution in [1.82, 2.24) is 4.90 Å². The molecule has 1 unspecified atom stereocenters. The zero-order valence-electron chi connectivity index (χ0n) is 13.8. The van der Waals surface area contributed by atoms with E-state index in [1.54, 1.807) is 37.1 Å². The lowest BCUT2D eigenvalue weighted by Gasteiger charge is -2.32. The van der Waals surface area contributed by atoms with Crippen molar-refractivity contribution in [3.63, 3.8) is 0 Å². The van der Waals surface area contributed by atoms with Crippen LogP contribution in [-0.4, -0.2) is 48.9 Å². The summed E-state index contributed by atoms with van der Waals surface area (Å²) in [7, 11) is 1.67. The van der Waals surface area contributed by atoms with Crippen molar-refractivity contribution in [3.05, 3.63) is 23.8 Å². The van der Waals surface area contributed by atoms with Gasteiger partial charge >= 0.3 is 0 Å². The molecule has 128 valence electrons. The molecule has 2 aliphatic rings. The third-order valence-corrected chi connectivity index (χ3v) is 4.73. The van der Waals surface area contributed by atoms with Gasteiger partial charge in [0.25, 0.3) is 11.8 Å². The minimum atomic E-state index is -0.531. The van der Waals surface area contributed by atoms with Crippen LogP contribution in [0.2, 0.25) is 0 Å². The SMILES string of the molecule is CC1Oc2ccc(C(=O)N3CCC(C(N)=O)CC3)cc2N(C)C1=O. The average Bonchev–Trinajstić information content (AvgIpc) is 2.59. The first-order chi connectivity index (χ1) is 11.4. The molecular formula is C17H21N3O4. The second-order valence-electron chi connectivity index (χ2n) is 6.31. The highest BCUT2D eigenvalue weighted by molar-refractivity contribution is 6.02. The van der Waals surface area contributed by atoms with E-state index in [4.69, 9.17) is 10.5 Å². The number of hydrogen-bond acceptors (Lipinski definition) is 4. The van der Waals surface area contributed by atoms with Gasteiger partial charge < -0.3 is 20.3 Å². The lowest BCUT2D eigenvalue weighted by Crippen LogP contribution is -2.43. The van der Waals surface area contributed by atoms with E-state index in [1.807, 2.05) is 0 Å². The Morgan fingerprint density at radius 3 is 2.54 bits per heavy atom. The Kier molecular flexibility index (Phi) is 4.17. The quantitative estimate of drug-likeness (QED) is 0.866. The second-order valence-corrected chi connectivity index (χ2v) is 6.31. The van der Waals surface area contributed by atoms with Crippen LogP contribution < -0.4 is 15.4 Å². The van der Waals surface area contributed by atoms with Gasteiger partial charge in [0.15, 0.2) is 6.10 Å². The van der Waals surface area contributed by atoms with Crippen molar-refractivity contribution in [3.8, 4) is 5.75 Å². The first kappa shape index (κ1) is 16.3. The summed E-state index contributed by atoms with van der Waals surface area (Å²) >= 11 is 0. The number of ether oxygens (including phenoxy) is 1. The average molecular weight is 331 g/mol. The molecule has 0 aromatic heterocycles. The van der Waals surface area contributed by atoms with Crippen LogP contribution in [0.15, 0.2) is 18.2 Å². The predicted octanol–water partition coefficient (Wildman–Crippen LogP) is 0.768. The van der Waals surface area contributed by atoms with Gasteiger partial charge in [-0.2, -0.15) is 0 Å². The Hall–Kier alpha value is -2.57. The number of fused-ring (bicyclic) bond motifs is 1. The molecule has 3 rings (SSSR count). The van der Waals surface area contributed by atoms with Gasteiger partial charge in [-0.05, 0) is 38.0 Å². The molecule has 1 aromatic rings. The molecule has 2 N–H and O–H groups in total. The first-order valence-corrected chi connectivity index (χ1v) is 8.05. The number of carbonyl (C=O) groups is 3. The number of rotatable bonds is 2. The fourth-order valence-electron chi connectivity index (χ4n) is 3.19. The van der Waals surface area contributed by atoms with Crippen molar-refractivity contribution in [2.24, 2.45) is 11.7 Å². The predicted molar refractivity (Wildman–Crippen MR) is 87.8 cm³/mol. The summed E-state index contributed by atoms with van der Waals surface area (Å²) in [4.78, 5) is 39.2. The van der Waals surface area contributed by atoms with Crippen molar-refractivity contribution in [1.29, 1.82) is 0 Å². The third kappa shape index (κ3) is 2.81. The van der Waals surface area contributed by atoms with Crippen LogP contribution in [0.5, 0.6) is 5.75 Å². The molecule has 0 radical (unpaired) electrons. The highest BCUT2D eigenvalue weighted by Crippen LogP contribution is 2.34. The van der Waals surface area contributed by atoms with Crippen LogP contribution in [-0.2, 0) is 9.59 Å². The molecule has 0 aliphatic carbocycles. The number of anilines is 1. The molecule has 3 amide bonds. The molecule has 1 atom stereocenters. The minimum absolute atomic E-state index is 0.111. The lowest BCUT2D eigenvalue weighted by molar-refractivity contribution is -0.125. The Bertz CT molecular complexity index is 695. The van der Waals surface area contributed by atoms with E-state index in [0.29, 0.717) is 42.9 Å². The van der Waals surface area contributed by atoms with Gasteiger partial charge in [-0.3, -0.25) is 14.4 Å². The Morgan fingerprint density at radius 1 is 1.25 bits per heavy atom. The maximum absolute atomic E-state index is 12.7. The van der Waals surface area contributed by atoms with Crippen LogP contribution in [0.3, 0.4) is 0 Å². The summed E-state index contributed by atoms with van der Waals surface area (Å²) in [5.74, 6) is -0.123. The number of likely N-dealkylation sites (tertiary alicyclic amines) is 1. The Labute approximate surface area is 140 Å². The largest absolute Gasteiger partial charge is 0.479 e. The fourth-order valence-corrected chi connectivity index (χ4v) is 3.19. The van der Waals surface area contributed by atoms with Crippen molar-refractivity contribution in [2.45, 2.75) is 25.9 Å². The third-order valence-electron chi connectivity index (χ3n) is 4.73. The van der Waals surface area contributed by atoms with Gasteiger partial charge in [0.2, 0.25) is 5.91 Å². The number of hydrogen-bond donors (Lipinski definition) is 1. The van der Waals surface area contributed by atoms with E-state index in [1.165, 1.54) is 4.90 Å². The molecule has 1 aromatic carbocycles. The molecular weight excluding hydrogens is 310 g/mol. The van der Waals surface area contributed by atoms with Gasteiger partial charge in [0.1, 0.15) is 5.75 Å². The number of nitrogens with two attached hydrogens (primary N) is 1. The number of nitrogens with zero attached hydrogens (tertiary/aromatic N) is 2. The zero-order valence-corrected chi connectivity index (χ0v) is 13.8. The Balaban J connectivity index is 1.78. The van der Waals surface area contributed by atoms with E-state index < -0.39 is 6.10 Å². The molecule has 1 fully saturated rings. The number of benzene rings is 1. The summed E-state index contributed by atoms with van der Waals surface area (Å²) in [6.07, 6.45) is 0.646. The zero-order chi connectivity index (χ0) is 17.4. The molecule has 7 heteroatoms. The van der Waals surface area contributed by atoms with Crippen molar-refractivity contribution in [2.75, 3.05) is 25.0 Å².